The summed E-state index contributed by atoms with van der Waals surface area (Å²) < 4.78 is 0. The van der Waals surface area contributed by atoms with E-state index in [1.54, 1.807) is 42.5 Å². The fourth-order valence-electron chi connectivity index (χ4n) is 1.78. The number of amides is 1. The average molecular weight is 334 g/mol. The van der Waals surface area contributed by atoms with Gasteiger partial charge in [-0.1, -0.05) is 23.2 Å². The van der Waals surface area contributed by atoms with Gasteiger partial charge in [0, 0.05) is 24.3 Å². The van der Waals surface area contributed by atoms with Crippen LogP contribution in [0.15, 0.2) is 42.5 Å². The van der Waals surface area contributed by atoms with Crippen LogP contribution in [-0.2, 0) is 4.79 Å². The van der Waals surface area contributed by atoms with Gasteiger partial charge in [0.1, 0.15) is 0 Å². The first-order chi connectivity index (χ1) is 10.6. The van der Waals surface area contributed by atoms with Crippen LogP contribution in [0.4, 0.5) is 11.4 Å². The first kappa shape index (κ1) is 16.2. The van der Waals surface area contributed by atoms with Crippen molar-refractivity contribution in [3.63, 3.8) is 0 Å². The molecular weight excluding hydrogens is 321 g/mol. The van der Waals surface area contributed by atoms with E-state index in [4.69, 9.17) is 28.5 Å². The van der Waals surface area contributed by atoms with E-state index >= 15 is 0 Å². The minimum Gasteiger partial charge on any atom is -0.385 e. The molecule has 0 saturated heterocycles. The van der Waals surface area contributed by atoms with Crippen LogP contribution >= 0.6 is 23.2 Å². The number of carbonyl (C=O) groups is 1. The second-order valence-corrected chi connectivity index (χ2v) is 5.36. The Kier molecular flexibility index (Phi) is 5.65. The van der Waals surface area contributed by atoms with Crippen LogP contribution in [0.1, 0.15) is 12.0 Å². The molecule has 0 aliphatic heterocycles. The zero-order valence-corrected chi connectivity index (χ0v) is 13.1. The van der Waals surface area contributed by atoms with Crippen LogP contribution in [-0.4, -0.2) is 12.5 Å². The van der Waals surface area contributed by atoms with Crippen molar-refractivity contribution in [1.29, 1.82) is 5.26 Å². The summed E-state index contributed by atoms with van der Waals surface area (Å²) in [7, 11) is 0. The Morgan fingerprint density at radius 3 is 2.36 bits per heavy atom. The van der Waals surface area contributed by atoms with Crippen LogP contribution in [0.5, 0.6) is 0 Å². The molecule has 0 aliphatic rings. The third-order valence-electron chi connectivity index (χ3n) is 2.90. The molecule has 1 amide bonds. The van der Waals surface area contributed by atoms with E-state index in [0.29, 0.717) is 34.3 Å². The molecule has 6 heteroatoms. The number of rotatable bonds is 5. The largest absolute Gasteiger partial charge is 0.385 e. The smallest absolute Gasteiger partial charge is 0.226 e. The number of carbonyl (C=O) groups excluding carboxylic acids is 1. The van der Waals surface area contributed by atoms with Crippen molar-refractivity contribution in [3.05, 3.63) is 58.1 Å². The lowest BCUT2D eigenvalue weighted by molar-refractivity contribution is -0.115. The summed E-state index contributed by atoms with van der Waals surface area (Å²) in [6.07, 6.45) is 0.306. The molecule has 0 unspecified atom stereocenters. The number of halogens is 2. The summed E-state index contributed by atoms with van der Waals surface area (Å²) in [5.41, 5.74) is 2.07. The molecule has 0 atom stereocenters. The van der Waals surface area contributed by atoms with Crippen molar-refractivity contribution in [2.45, 2.75) is 6.42 Å². The molecule has 0 aromatic heterocycles. The van der Waals surface area contributed by atoms with Gasteiger partial charge < -0.3 is 10.6 Å². The number of nitrogens with zero attached hydrogens (tertiary/aromatic N) is 1. The quantitative estimate of drug-likeness (QED) is 0.856. The molecule has 0 bridgehead atoms. The van der Waals surface area contributed by atoms with Gasteiger partial charge in [0.2, 0.25) is 5.91 Å². The minimum absolute atomic E-state index is 0.125. The zero-order valence-electron chi connectivity index (χ0n) is 11.6. The van der Waals surface area contributed by atoms with E-state index in [9.17, 15) is 4.79 Å². The maximum absolute atomic E-state index is 11.8. The second kappa shape index (κ2) is 7.69. The highest BCUT2D eigenvalue weighted by Crippen LogP contribution is 2.25. The van der Waals surface area contributed by atoms with Gasteiger partial charge >= 0.3 is 0 Å². The summed E-state index contributed by atoms with van der Waals surface area (Å²) in [5.74, 6) is -0.125. The summed E-state index contributed by atoms with van der Waals surface area (Å²) in [6, 6.07) is 14.0. The van der Waals surface area contributed by atoms with Crippen LogP contribution in [0.25, 0.3) is 0 Å². The Labute approximate surface area is 138 Å². The summed E-state index contributed by atoms with van der Waals surface area (Å²) >= 11 is 11.7. The maximum atomic E-state index is 11.8. The Morgan fingerprint density at radius 2 is 1.73 bits per heavy atom. The van der Waals surface area contributed by atoms with Crippen molar-refractivity contribution >= 4 is 40.5 Å². The molecule has 2 aromatic rings. The highest BCUT2D eigenvalue weighted by atomic mass is 35.5. The lowest BCUT2D eigenvalue weighted by Crippen LogP contribution is -2.16. The van der Waals surface area contributed by atoms with Crippen molar-refractivity contribution in [1.82, 2.24) is 0 Å². The zero-order chi connectivity index (χ0) is 15.9. The molecule has 2 aromatic carbocycles. The molecule has 112 valence electrons. The number of hydrogen-bond acceptors (Lipinski definition) is 3. The van der Waals surface area contributed by atoms with Crippen LogP contribution < -0.4 is 10.6 Å². The first-order valence-electron chi connectivity index (χ1n) is 6.57. The van der Waals surface area contributed by atoms with Gasteiger partial charge in [-0.2, -0.15) is 5.26 Å². The molecule has 4 nitrogen and oxygen atoms in total. The summed E-state index contributed by atoms with van der Waals surface area (Å²) in [5, 5.41) is 15.4. The van der Waals surface area contributed by atoms with E-state index < -0.39 is 0 Å². The number of nitrogens with one attached hydrogen (secondary N) is 2. The normalized spacial score (nSPS) is 9.86. The lowest BCUT2D eigenvalue weighted by atomic mass is 10.2. The lowest BCUT2D eigenvalue weighted by Gasteiger charge is -2.08. The monoisotopic (exact) mass is 333 g/mol. The van der Waals surface area contributed by atoms with Gasteiger partial charge in [0.25, 0.3) is 0 Å². The van der Waals surface area contributed by atoms with Gasteiger partial charge in [-0.3, -0.25) is 4.79 Å². The SMILES string of the molecule is N#Cc1ccc(NCCC(=O)Nc2ccc(Cl)c(Cl)c2)cc1. The number of anilines is 2. The number of nitriles is 1. The van der Waals surface area contributed by atoms with Gasteiger partial charge in [-0.15, -0.1) is 0 Å². The number of hydrogen-bond donors (Lipinski definition) is 2. The minimum atomic E-state index is -0.125. The second-order valence-electron chi connectivity index (χ2n) is 4.54. The highest BCUT2D eigenvalue weighted by Gasteiger charge is 2.04. The fourth-order valence-corrected chi connectivity index (χ4v) is 2.08. The van der Waals surface area contributed by atoms with E-state index in [0.717, 1.165) is 5.69 Å². The summed E-state index contributed by atoms with van der Waals surface area (Å²) in [6.45, 7) is 0.485. The highest BCUT2D eigenvalue weighted by molar-refractivity contribution is 6.42. The molecule has 0 heterocycles. The summed E-state index contributed by atoms with van der Waals surface area (Å²) in [4.78, 5) is 11.8. The third-order valence-corrected chi connectivity index (χ3v) is 3.64. The Bertz CT molecular complexity index is 708. The number of benzene rings is 2. The third kappa shape index (κ3) is 4.66. The van der Waals surface area contributed by atoms with E-state index in [2.05, 4.69) is 16.7 Å². The van der Waals surface area contributed by atoms with Gasteiger partial charge in [-0.25, -0.2) is 0 Å². The standard InChI is InChI=1S/C16H13Cl2N3O/c17-14-6-5-13(9-15(14)18)21-16(22)7-8-20-12-3-1-11(10-19)2-4-12/h1-6,9,20H,7-8H2,(H,21,22). The van der Waals surface area contributed by atoms with Gasteiger partial charge in [-0.05, 0) is 42.5 Å². The molecule has 2 rings (SSSR count). The fraction of sp³-hybridized carbons (Fsp3) is 0.125. The van der Waals surface area contributed by atoms with Crippen LogP contribution in [0, 0.1) is 11.3 Å². The molecule has 0 spiro atoms. The average Bonchev–Trinajstić information content (AvgIpc) is 2.51. The van der Waals surface area contributed by atoms with Crippen molar-refractivity contribution in [3.8, 4) is 6.07 Å². The topological polar surface area (TPSA) is 64.9 Å². The van der Waals surface area contributed by atoms with Crippen molar-refractivity contribution in [2.24, 2.45) is 0 Å². The predicted octanol–water partition coefficient (Wildman–Crippen LogP) is 4.31. The van der Waals surface area contributed by atoms with Gasteiger partial charge in [0.15, 0.2) is 0 Å². The van der Waals surface area contributed by atoms with E-state index in [1.807, 2.05) is 0 Å². The Balaban J connectivity index is 1.80. The molecule has 22 heavy (non-hydrogen) atoms. The molecule has 0 radical (unpaired) electrons. The first-order valence-corrected chi connectivity index (χ1v) is 7.33. The maximum Gasteiger partial charge on any atom is 0.226 e. The molecular formula is C16H13Cl2N3O. The van der Waals surface area contributed by atoms with Crippen molar-refractivity contribution in [2.75, 3.05) is 17.2 Å². The van der Waals surface area contributed by atoms with Crippen molar-refractivity contribution < 1.29 is 4.79 Å². The van der Waals surface area contributed by atoms with E-state index in [-0.39, 0.29) is 5.91 Å². The predicted molar refractivity (Wildman–Crippen MR) is 89.4 cm³/mol. The van der Waals surface area contributed by atoms with Crippen LogP contribution in [0.3, 0.4) is 0 Å². The Hall–Kier alpha value is -2.22. The van der Waals surface area contributed by atoms with Crippen LogP contribution in [0.2, 0.25) is 10.0 Å². The molecule has 0 saturated carbocycles. The Morgan fingerprint density at radius 1 is 1.05 bits per heavy atom. The van der Waals surface area contributed by atoms with E-state index in [1.165, 1.54) is 0 Å². The molecule has 0 fully saturated rings. The van der Waals surface area contributed by atoms with Gasteiger partial charge in [0.05, 0.1) is 21.7 Å². The molecule has 0 aliphatic carbocycles. The molecule has 2 N–H and O–H groups in total.